The molecule has 0 aliphatic heterocycles. The number of hydrogen-bond acceptors (Lipinski definition) is 4. The first-order valence-electron chi connectivity index (χ1n) is 4.83. The summed E-state index contributed by atoms with van der Waals surface area (Å²) in [7, 11) is 0. The summed E-state index contributed by atoms with van der Waals surface area (Å²) >= 11 is 0. The van der Waals surface area contributed by atoms with Crippen LogP contribution in [0.4, 0.5) is 5.82 Å². The third-order valence-electron chi connectivity index (χ3n) is 1.99. The summed E-state index contributed by atoms with van der Waals surface area (Å²) in [6.45, 7) is 3.66. The van der Waals surface area contributed by atoms with Gasteiger partial charge < -0.3 is 5.32 Å². The fraction of sp³-hybridized carbons (Fsp3) is 0.300. The van der Waals surface area contributed by atoms with Crippen molar-refractivity contribution < 1.29 is 0 Å². The van der Waals surface area contributed by atoms with Crippen LogP contribution in [-0.2, 0) is 6.54 Å². The second-order valence-electron chi connectivity index (χ2n) is 3.30. The van der Waals surface area contributed by atoms with E-state index in [0.717, 1.165) is 18.9 Å². The van der Waals surface area contributed by atoms with E-state index in [4.69, 9.17) is 0 Å². The molecule has 0 bridgehead atoms. The first-order valence-corrected chi connectivity index (χ1v) is 4.83. The van der Waals surface area contributed by atoms with Crippen LogP contribution in [0.15, 0.2) is 31.0 Å². The summed E-state index contributed by atoms with van der Waals surface area (Å²) in [6, 6.07) is 1.84. The van der Waals surface area contributed by atoms with Gasteiger partial charge in [0.25, 0.3) is 0 Å². The Balaban J connectivity index is 1.80. The number of hydrogen-bond donors (Lipinski definition) is 1. The first kappa shape index (κ1) is 9.64. The van der Waals surface area contributed by atoms with Gasteiger partial charge in [-0.2, -0.15) is 5.10 Å². The molecule has 5 heteroatoms. The Hall–Kier alpha value is -1.91. The normalized spacial score (nSPS) is 10.2. The van der Waals surface area contributed by atoms with Gasteiger partial charge in [-0.05, 0) is 18.6 Å². The van der Waals surface area contributed by atoms with E-state index in [0.29, 0.717) is 0 Å². The molecule has 0 saturated carbocycles. The topological polar surface area (TPSA) is 55.6 Å². The summed E-state index contributed by atoms with van der Waals surface area (Å²) < 4.78 is 1.91. The Bertz CT molecular complexity index is 409. The number of anilines is 1. The minimum Gasteiger partial charge on any atom is -0.368 e. The van der Waals surface area contributed by atoms with Crippen molar-refractivity contribution >= 4 is 5.82 Å². The van der Waals surface area contributed by atoms with Crippen molar-refractivity contribution in [3.05, 3.63) is 36.5 Å². The number of rotatable bonds is 4. The molecule has 5 nitrogen and oxygen atoms in total. The zero-order chi connectivity index (χ0) is 10.5. The van der Waals surface area contributed by atoms with Crippen LogP contribution < -0.4 is 5.32 Å². The molecule has 0 aliphatic rings. The maximum atomic E-state index is 4.19. The first-order chi connectivity index (χ1) is 7.34. The van der Waals surface area contributed by atoms with Gasteiger partial charge in [0.15, 0.2) is 0 Å². The fourth-order valence-electron chi connectivity index (χ4n) is 1.28. The van der Waals surface area contributed by atoms with Crippen molar-refractivity contribution in [1.29, 1.82) is 0 Å². The average molecular weight is 203 g/mol. The Labute approximate surface area is 88.2 Å². The van der Waals surface area contributed by atoms with Crippen molar-refractivity contribution in [2.45, 2.75) is 13.5 Å². The summed E-state index contributed by atoms with van der Waals surface area (Å²) in [5, 5.41) is 7.38. The number of aryl methyl sites for hydroxylation is 1. The van der Waals surface area contributed by atoms with E-state index in [1.165, 1.54) is 11.9 Å². The maximum Gasteiger partial charge on any atom is 0.129 e. The van der Waals surface area contributed by atoms with E-state index in [9.17, 15) is 0 Å². The molecule has 2 heterocycles. The Morgan fingerprint density at radius 2 is 2.40 bits per heavy atom. The van der Waals surface area contributed by atoms with Gasteiger partial charge in [-0.15, -0.1) is 0 Å². The van der Waals surface area contributed by atoms with E-state index in [2.05, 4.69) is 20.4 Å². The Morgan fingerprint density at radius 1 is 1.47 bits per heavy atom. The third kappa shape index (κ3) is 2.77. The third-order valence-corrected chi connectivity index (χ3v) is 1.99. The molecular weight excluding hydrogens is 190 g/mol. The SMILES string of the molecule is Cc1cnn(CCNc2ccncn2)c1. The van der Waals surface area contributed by atoms with Crippen molar-refractivity contribution in [2.24, 2.45) is 0 Å². The van der Waals surface area contributed by atoms with E-state index >= 15 is 0 Å². The highest BCUT2D eigenvalue weighted by atomic mass is 15.3. The summed E-state index contributed by atoms with van der Waals surface area (Å²) in [6.07, 6.45) is 7.11. The van der Waals surface area contributed by atoms with Gasteiger partial charge in [-0.25, -0.2) is 9.97 Å². The number of nitrogens with zero attached hydrogens (tertiary/aromatic N) is 4. The lowest BCUT2D eigenvalue weighted by Crippen LogP contribution is -2.11. The van der Waals surface area contributed by atoms with Crippen molar-refractivity contribution in [3.8, 4) is 0 Å². The van der Waals surface area contributed by atoms with Crippen molar-refractivity contribution in [1.82, 2.24) is 19.7 Å². The highest BCUT2D eigenvalue weighted by Gasteiger charge is 1.94. The zero-order valence-electron chi connectivity index (χ0n) is 8.59. The predicted octanol–water partition coefficient (Wildman–Crippen LogP) is 1.09. The molecule has 2 aromatic rings. The highest BCUT2D eigenvalue weighted by Crippen LogP contribution is 1.98. The Kier molecular flexibility index (Phi) is 2.92. The number of nitrogens with one attached hydrogen (secondary N) is 1. The van der Waals surface area contributed by atoms with Crippen LogP contribution in [0.2, 0.25) is 0 Å². The van der Waals surface area contributed by atoms with E-state index in [1.54, 1.807) is 6.20 Å². The van der Waals surface area contributed by atoms with Crippen LogP contribution in [0, 0.1) is 6.92 Å². The molecule has 0 unspecified atom stereocenters. The van der Waals surface area contributed by atoms with Gasteiger partial charge in [0.05, 0.1) is 12.7 Å². The molecular formula is C10H13N5. The highest BCUT2D eigenvalue weighted by molar-refractivity contribution is 5.31. The van der Waals surface area contributed by atoms with E-state index in [1.807, 2.05) is 30.1 Å². The molecule has 2 aromatic heterocycles. The summed E-state index contributed by atoms with van der Waals surface area (Å²) in [5.74, 6) is 0.842. The van der Waals surface area contributed by atoms with Crippen LogP contribution >= 0.6 is 0 Å². The summed E-state index contributed by atoms with van der Waals surface area (Å²) in [5.41, 5.74) is 1.18. The lowest BCUT2D eigenvalue weighted by Gasteiger charge is -2.04. The second-order valence-corrected chi connectivity index (χ2v) is 3.30. The molecule has 0 aromatic carbocycles. The van der Waals surface area contributed by atoms with Gasteiger partial charge in [0.2, 0.25) is 0 Å². The van der Waals surface area contributed by atoms with Gasteiger partial charge >= 0.3 is 0 Å². The second kappa shape index (κ2) is 4.54. The monoisotopic (exact) mass is 203 g/mol. The molecule has 0 radical (unpaired) electrons. The maximum absolute atomic E-state index is 4.19. The molecule has 2 rings (SSSR count). The van der Waals surface area contributed by atoms with Crippen molar-refractivity contribution in [3.63, 3.8) is 0 Å². The standard InChI is InChI=1S/C10H13N5/c1-9-6-14-15(7-9)5-4-12-10-2-3-11-8-13-10/h2-3,6-8H,4-5H2,1H3,(H,11,12,13). The summed E-state index contributed by atoms with van der Waals surface area (Å²) in [4.78, 5) is 7.91. The fourth-order valence-corrected chi connectivity index (χ4v) is 1.28. The quantitative estimate of drug-likeness (QED) is 0.808. The molecule has 0 spiro atoms. The van der Waals surface area contributed by atoms with Crippen LogP contribution in [-0.4, -0.2) is 26.3 Å². The van der Waals surface area contributed by atoms with Crippen LogP contribution in [0.5, 0.6) is 0 Å². The van der Waals surface area contributed by atoms with Gasteiger partial charge in [-0.1, -0.05) is 0 Å². The number of aromatic nitrogens is 4. The van der Waals surface area contributed by atoms with Crippen LogP contribution in [0.3, 0.4) is 0 Å². The van der Waals surface area contributed by atoms with Crippen LogP contribution in [0.25, 0.3) is 0 Å². The molecule has 0 aliphatic carbocycles. The smallest absolute Gasteiger partial charge is 0.129 e. The van der Waals surface area contributed by atoms with Gasteiger partial charge in [-0.3, -0.25) is 4.68 Å². The van der Waals surface area contributed by atoms with E-state index < -0.39 is 0 Å². The molecule has 1 N–H and O–H groups in total. The van der Waals surface area contributed by atoms with Crippen molar-refractivity contribution in [2.75, 3.05) is 11.9 Å². The van der Waals surface area contributed by atoms with Gasteiger partial charge in [0, 0.05) is 18.9 Å². The zero-order valence-corrected chi connectivity index (χ0v) is 8.59. The molecule has 0 fully saturated rings. The molecule has 0 atom stereocenters. The average Bonchev–Trinajstić information content (AvgIpc) is 2.66. The minimum atomic E-state index is 0.804. The lowest BCUT2D eigenvalue weighted by atomic mass is 10.4. The van der Waals surface area contributed by atoms with Gasteiger partial charge in [0.1, 0.15) is 12.1 Å². The molecule has 0 saturated heterocycles. The minimum absolute atomic E-state index is 0.804. The molecule has 15 heavy (non-hydrogen) atoms. The largest absolute Gasteiger partial charge is 0.368 e. The van der Waals surface area contributed by atoms with Crippen LogP contribution in [0.1, 0.15) is 5.56 Å². The molecule has 78 valence electrons. The lowest BCUT2D eigenvalue weighted by molar-refractivity contribution is 0.636. The Morgan fingerprint density at radius 3 is 3.07 bits per heavy atom. The van der Waals surface area contributed by atoms with E-state index in [-0.39, 0.29) is 0 Å². The predicted molar refractivity (Wildman–Crippen MR) is 57.5 cm³/mol. The molecule has 0 amide bonds.